The van der Waals surface area contributed by atoms with Gasteiger partial charge in [-0.25, -0.2) is 0 Å². The highest BCUT2D eigenvalue weighted by Gasteiger charge is 2.32. The van der Waals surface area contributed by atoms with Gasteiger partial charge in [0.25, 0.3) is 0 Å². The Kier molecular flexibility index (Phi) is 3.31. The molecule has 1 saturated heterocycles. The molecule has 1 heterocycles. The zero-order valence-corrected chi connectivity index (χ0v) is 10.5. The molecule has 0 spiro atoms. The number of aryl methyl sites for hydroxylation is 1. The maximum Gasteiger partial charge on any atom is 0.0388 e. The number of nitrogens with zero attached hydrogens (tertiary/aromatic N) is 1. The van der Waals surface area contributed by atoms with Crippen molar-refractivity contribution < 1.29 is 0 Å². The number of hydrogen-bond donors (Lipinski definition) is 1. The summed E-state index contributed by atoms with van der Waals surface area (Å²) in [6, 6.07) is 7.13. The van der Waals surface area contributed by atoms with Crippen molar-refractivity contribution in [3.8, 4) is 0 Å². The molecule has 1 aliphatic heterocycles. The van der Waals surface area contributed by atoms with Gasteiger partial charge in [0.2, 0.25) is 0 Å². The second-order valence-electron chi connectivity index (χ2n) is 5.00. The summed E-state index contributed by atoms with van der Waals surface area (Å²) in [5.74, 6) is 0.616. The number of benzene rings is 1. The standard InChI is InChI=1S/C14H22N2/c1-10-5-4-6-13(11(10)2)14-12(9-15)7-8-16(14)3/h4-6,12,14H,7-9,15H2,1-3H3. The normalized spacial score (nSPS) is 26.2. The van der Waals surface area contributed by atoms with Crippen molar-refractivity contribution in [2.24, 2.45) is 11.7 Å². The highest BCUT2D eigenvalue weighted by molar-refractivity contribution is 5.36. The first-order chi connectivity index (χ1) is 7.65. The van der Waals surface area contributed by atoms with Crippen LogP contribution < -0.4 is 5.73 Å². The zero-order valence-electron chi connectivity index (χ0n) is 10.5. The van der Waals surface area contributed by atoms with Gasteiger partial charge in [-0.15, -0.1) is 0 Å². The largest absolute Gasteiger partial charge is 0.330 e. The molecule has 1 fully saturated rings. The summed E-state index contributed by atoms with van der Waals surface area (Å²) in [5, 5.41) is 0. The number of hydrogen-bond acceptors (Lipinski definition) is 2. The first kappa shape index (κ1) is 11.6. The lowest BCUT2D eigenvalue weighted by Crippen LogP contribution is -2.26. The third-order valence-electron chi connectivity index (χ3n) is 4.04. The third kappa shape index (κ3) is 1.87. The van der Waals surface area contributed by atoms with Crippen molar-refractivity contribution in [2.75, 3.05) is 20.1 Å². The van der Waals surface area contributed by atoms with Crippen LogP contribution in [-0.2, 0) is 0 Å². The van der Waals surface area contributed by atoms with Crippen LogP contribution >= 0.6 is 0 Å². The summed E-state index contributed by atoms with van der Waals surface area (Å²) in [6.45, 7) is 6.37. The van der Waals surface area contributed by atoms with Crippen molar-refractivity contribution in [3.05, 3.63) is 34.9 Å². The van der Waals surface area contributed by atoms with Gasteiger partial charge in [0, 0.05) is 6.04 Å². The number of nitrogens with two attached hydrogens (primary N) is 1. The topological polar surface area (TPSA) is 29.3 Å². The molecule has 0 aromatic heterocycles. The van der Waals surface area contributed by atoms with Gasteiger partial charge in [0.1, 0.15) is 0 Å². The lowest BCUT2D eigenvalue weighted by atomic mass is 9.89. The van der Waals surface area contributed by atoms with E-state index in [4.69, 9.17) is 5.73 Å². The van der Waals surface area contributed by atoms with Crippen LogP contribution in [0.3, 0.4) is 0 Å². The van der Waals surface area contributed by atoms with E-state index in [0.717, 1.165) is 6.54 Å². The van der Waals surface area contributed by atoms with Crippen LogP contribution in [0.4, 0.5) is 0 Å². The summed E-state index contributed by atoms with van der Waals surface area (Å²) in [7, 11) is 2.21. The van der Waals surface area contributed by atoms with E-state index in [0.29, 0.717) is 12.0 Å². The van der Waals surface area contributed by atoms with Gasteiger partial charge in [-0.2, -0.15) is 0 Å². The quantitative estimate of drug-likeness (QED) is 0.825. The fourth-order valence-corrected chi connectivity index (χ4v) is 2.86. The van der Waals surface area contributed by atoms with E-state index < -0.39 is 0 Å². The molecule has 2 nitrogen and oxygen atoms in total. The van der Waals surface area contributed by atoms with E-state index >= 15 is 0 Å². The molecule has 0 radical (unpaired) electrons. The van der Waals surface area contributed by atoms with Gasteiger partial charge in [0.05, 0.1) is 0 Å². The molecule has 2 N–H and O–H groups in total. The Hall–Kier alpha value is -0.860. The predicted octanol–water partition coefficient (Wildman–Crippen LogP) is 2.25. The lowest BCUT2D eigenvalue weighted by molar-refractivity contribution is 0.278. The Morgan fingerprint density at radius 1 is 1.38 bits per heavy atom. The molecule has 16 heavy (non-hydrogen) atoms. The summed E-state index contributed by atoms with van der Waals surface area (Å²) in [5.41, 5.74) is 10.2. The summed E-state index contributed by atoms with van der Waals surface area (Å²) >= 11 is 0. The molecule has 1 aromatic rings. The van der Waals surface area contributed by atoms with Crippen LogP contribution in [0.2, 0.25) is 0 Å². The van der Waals surface area contributed by atoms with E-state index in [1.807, 2.05) is 0 Å². The molecule has 2 heteroatoms. The van der Waals surface area contributed by atoms with E-state index in [9.17, 15) is 0 Å². The Morgan fingerprint density at radius 3 is 2.81 bits per heavy atom. The molecular formula is C14H22N2. The van der Waals surface area contributed by atoms with Crippen molar-refractivity contribution in [3.63, 3.8) is 0 Å². The molecule has 0 aliphatic carbocycles. The predicted molar refractivity (Wildman–Crippen MR) is 68.4 cm³/mol. The number of rotatable bonds is 2. The van der Waals surface area contributed by atoms with Gasteiger partial charge < -0.3 is 5.73 Å². The van der Waals surface area contributed by atoms with Crippen LogP contribution in [0.15, 0.2) is 18.2 Å². The van der Waals surface area contributed by atoms with Gasteiger partial charge in [-0.05, 0) is 63.0 Å². The average Bonchev–Trinajstić information content (AvgIpc) is 2.64. The first-order valence-corrected chi connectivity index (χ1v) is 6.11. The van der Waals surface area contributed by atoms with Crippen LogP contribution in [0.1, 0.15) is 29.2 Å². The molecule has 1 aliphatic rings. The van der Waals surface area contributed by atoms with Crippen molar-refractivity contribution in [1.29, 1.82) is 0 Å². The molecular weight excluding hydrogens is 196 g/mol. The molecule has 2 atom stereocenters. The van der Waals surface area contributed by atoms with Gasteiger partial charge in [-0.3, -0.25) is 4.90 Å². The van der Waals surface area contributed by atoms with Gasteiger partial charge in [0.15, 0.2) is 0 Å². The molecule has 88 valence electrons. The molecule has 2 unspecified atom stereocenters. The Morgan fingerprint density at radius 2 is 2.12 bits per heavy atom. The van der Waals surface area contributed by atoms with E-state index in [2.05, 4.69) is 44.0 Å². The summed E-state index contributed by atoms with van der Waals surface area (Å²) < 4.78 is 0. The number of likely N-dealkylation sites (tertiary alicyclic amines) is 1. The van der Waals surface area contributed by atoms with Gasteiger partial charge in [-0.1, -0.05) is 18.2 Å². The SMILES string of the molecule is Cc1cccc(C2C(CN)CCN2C)c1C. The smallest absolute Gasteiger partial charge is 0.0388 e. The zero-order chi connectivity index (χ0) is 11.7. The highest BCUT2D eigenvalue weighted by atomic mass is 15.2. The van der Waals surface area contributed by atoms with Crippen LogP contribution in [0.25, 0.3) is 0 Å². The maximum absolute atomic E-state index is 5.89. The van der Waals surface area contributed by atoms with E-state index in [1.165, 1.54) is 29.7 Å². The minimum Gasteiger partial charge on any atom is -0.330 e. The monoisotopic (exact) mass is 218 g/mol. The minimum absolute atomic E-state index is 0.518. The maximum atomic E-state index is 5.89. The van der Waals surface area contributed by atoms with Crippen molar-refractivity contribution in [1.82, 2.24) is 4.90 Å². The summed E-state index contributed by atoms with van der Waals surface area (Å²) in [4.78, 5) is 2.44. The molecule has 0 saturated carbocycles. The Bertz CT molecular complexity index is 373. The minimum atomic E-state index is 0.518. The fourth-order valence-electron chi connectivity index (χ4n) is 2.86. The highest BCUT2D eigenvalue weighted by Crippen LogP contribution is 2.37. The first-order valence-electron chi connectivity index (χ1n) is 6.11. The van der Waals surface area contributed by atoms with Crippen LogP contribution in [-0.4, -0.2) is 25.0 Å². The Labute approximate surface area is 98.4 Å². The third-order valence-corrected chi connectivity index (χ3v) is 4.04. The second kappa shape index (κ2) is 4.56. The average molecular weight is 218 g/mol. The second-order valence-corrected chi connectivity index (χ2v) is 5.00. The Balaban J connectivity index is 2.38. The van der Waals surface area contributed by atoms with E-state index in [1.54, 1.807) is 0 Å². The van der Waals surface area contributed by atoms with Crippen LogP contribution in [0.5, 0.6) is 0 Å². The van der Waals surface area contributed by atoms with E-state index in [-0.39, 0.29) is 0 Å². The molecule has 2 rings (SSSR count). The molecule has 0 bridgehead atoms. The van der Waals surface area contributed by atoms with Crippen molar-refractivity contribution in [2.45, 2.75) is 26.3 Å². The van der Waals surface area contributed by atoms with Gasteiger partial charge >= 0.3 is 0 Å². The fraction of sp³-hybridized carbons (Fsp3) is 0.571. The summed E-state index contributed by atoms with van der Waals surface area (Å²) in [6.07, 6.45) is 1.23. The van der Waals surface area contributed by atoms with Crippen LogP contribution in [0, 0.1) is 19.8 Å². The molecule has 0 amide bonds. The van der Waals surface area contributed by atoms with Crippen molar-refractivity contribution >= 4 is 0 Å². The molecule has 1 aromatic carbocycles. The lowest BCUT2D eigenvalue weighted by Gasteiger charge is -2.27.